The number of hydrogen-bond acceptors (Lipinski definition) is 2. The van der Waals surface area contributed by atoms with Crippen molar-refractivity contribution in [3.63, 3.8) is 0 Å². The van der Waals surface area contributed by atoms with Crippen molar-refractivity contribution in [3.8, 4) is 0 Å². The van der Waals surface area contributed by atoms with Crippen molar-refractivity contribution in [2.75, 3.05) is 13.1 Å². The van der Waals surface area contributed by atoms with Crippen LogP contribution in [0.15, 0.2) is 54.6 Å². The number of carbonyl (C=O) groups excluding carboxylic acids is 1. The van der Waals surface area contributed by atoms with Gasteiger partial charge in [-0.15, -0.1) is 0 Å². The molecule has 0 saturated heterocycles. The molecule has 0 aliphatic carbocycles. The molecule has 4 heteroatoms. The Bertz CT molecular complexity index is 969. The van der Waals surface area contributed by atoms with E-state index in [1.54, 1.807) is 0 Å². The fourth-order valence-corrected chi connectivity index (χ4v) is 3.51. The molecule has 1 aliphatic rings. The monoisotopic (exact) mass is 345 g/mol. The van der Waals surface area contributed by atoms with Gasteiger partial charge in [0.25, 0.3) is 5.91 Å². The topological polar surface area (TPSA) is 49.0 Å². The minimum absolute atomic E-state index is 0.0748. The fraction of sp³-hybridized carbons (Fsp3) is 0.273. The van der Waals surface area contributed by atoms with Crippen LogP contribution in [0.25, 0.3) is 16.5 Å². The molecule has 0 spiro atoms. The molecule has 26 heavy (non-hydrogen) atoms. The van der Waals surface area contributed by atoms with Crippen LogP contribution in [0.2, 0.25) is 0 Å². The molecule has 0 saturated carbocycles. The molecular formula is C22H23N3O. The van der Waals surface area contributed by atoms with Gasteiger partial charge in [-0.3, -0.25) is 9.89 Å². The molecule has 3 aromatic rings. The Morgan fingerprint density at radius 3 is 2.77 bits per heavy atom. The number of hydrogen-bond donors (Lipinski definition) is 1. The third-order valence-electron chi connectivity index (χ3n) is 4.84. The van der Waals surface area contributed by atoms with Crippen LogP contribution in [0.3, 0.4) is 0 Å². The number of benzene rings is 2. The van der Waals surface area contributed by atoms with Gasteiger partial charge in [-0.2, -0.15) is 5.10 Å². The zero-order chi connectivity index (χ0) is 18.1. The standard InChI is InChI=1S/C22H23N3O/c1-15(2)12-21-19-13-17(8-9-20(19)23-24-21)22(26)25-11-10-18(14-25)16-6-4-3-5-7-16/h3-10,13,15H,11-12,14H2,1-2H3,(H,23,24). The highest BCUT2D eigenvalue weighted by atomic mass is 16.2. The molecule has 4 nitrogen and oxygen atoms in total. The van der Waals surface area contributed by atoms with Crippen LogP contribution in [0.4, 0.5) is 0 Å². The lowest BCUT2D eigenvalue weighted by atomic mass is 10.0. The second kappa shape index (κ2) is 6.79. The lowest BCUT2D eigenvalue weighted by Gasteiger charge is -2.17. The molecule has 1 amide bonds. The quantitative estimate of drug-likeness (QED) is 0.766. The first-order chi connectivity index (χ1) is 12.6. The number of aromatic nitrogens is 2. The maximum Gasteiger partial charge on any atom is 0.254 e. The highest BCUT2D eigenvalue weighted by Crippen LogP contribution is 2.24. The summed E-state index contributed by atoms with van der Waals surface area (Å²) in [7, 11) is 0. The van der Waals surface area contributed by atoms with Crippen LogP contribution < -0.4 is 0 Å². The Labute approximate surface area is 153 Å². The van der Waals surface area contributed by atoms with Crippen molar-refractivity contribution in [1.29, 1.82) is 0 Å². The van der Waals surface area contributed by atoms with Gasteiger partial charge in [-0.05, 0) is 41.7 Å². The van der Waals surface area contributed by atoms with Crippen LogP contribution >= 0.6 is 0 Å². The molecule has 4 rings (SSSR count). The molecule has 0 atom stereocenters. The minimum Gasteiger partial charge on any atom is -0.331 e. The van der Waals surface area contributed by atoms with Crippen LogP contribution in [-0.2, 0) is 6.42 Å². The fourth-order valence-electron chi connectivity index (χ4n) is 3.51. The minimum atomic E-state index is 0.0748. The second-order valence-electron chi connectivity index (χ2n) is 7.31. The average molecular weight is 345 g/mol. The Kier molecular flexibility index (Phi) is 4.33. The van der Waals surface area contributed by atoms with E-state index in [0.717, 1.165) is 28.6 Å². The first kappa shape index (κ1) is 16.6. The van der Waals surface area contributed by atoms with Crippen molar-refractivity contribution in [3.05, 3.63) is 71.4 Å². The molecule has 0 unspecified atom stereocenters. The Morgan fingerprint density at radius 1 is 1.19 bits per heavy atom. The second-order valence-corrected chi connectivity index (χ2v) is 7.31. The Morgan fingerprint density at radius 2 is 2.00 bits per heavy atom. The van der Waals surface area contributed by atoms with E-state index < -0.39 is 0 Å². The van der Waals surface area contributed by atoms with Gasteiger partial charge in [0, 0.05) is 29.7 Å². The van der Waals surface area contributed by atoms with Crippen molar-refractivity contribution >= 4 is 22.4 Å². The maximum atomic E-state index is 13.0. The van der Waals surface area contributed by atoms with Crippen LogP contribution in [0.1, 0.15) is 35.5 Å². The smallest absolute Gasteiger partial charge is 0.254 e. The summed E-state index contributed by atoms with van der Waals surface area (Å²) in [6.07, 6.45) is 3.07. The molecule has 0 radical (unpaired) electrons. The summed E-state index contributed by atoms with van der Waals surface area (Å²) in [4.78, 5) is 14.9. The van der Waals surface area contributed by atoms with E-state index in [-0.39, 0.29) is 5.91 Å². The summed E-state index contributed by atoms with van der Waals surface area (Å²) in [6, 6.07) is 16.1. The normalized spacial score (nSPS) is 14.3. The number of amides is 1. The molecule has 1 aromatic heterocycles. The van der Waals surface area contributed by atoms with Gasteiger partial charge in [0.15, 0.2) is 0 Å². The highest BCUT2D eigenvalue weighted by molar-refractivity contribution is 5.99. The van der Waals surface area contributed by atoms with E-state index in [1.165, 1.54) is 11.1 Å². The van der Waals surface area contributed by atoms with Crippen molar-refractivity contribution in [2.24, 2.45) is 5.92 Å². The van der Waals surface area contributed by atoms with E-state index in [4.69, 9.17) is 0 Å². The van der Waals surface area contributed by atoms with Crippen molar-refractivity contribution in [2.45, 2.75) is 20.3 Å². The van der Waals surface area contributed by atoms with E-state index in [9.17, 15) is 4.79 Å². The van der Waals surface area contributed by atoms with Gasteiger partial charge < -0.3 is 4.90 Å². The molecule has 2 heterocycles. The van der Waals surface area contributed by atoms with E-state index in [0.29, 0.717) is 19.0 Å². The largest absolute Gasteiger partial charge is 0.331 e. The summed E-state index contributed by atoms with van der Waals surface area (Å²) >= 11 is 0. The number of carbonyl (C=O) groups is 1. The summed E-state index contributed by atoms with van der Waals surface area (Å²) in [5, 5.41) is 8.54. The van der Waals surface area contributed by atoms with E-state index in [2.05, 4.69) is 42.3 Å². The zero-order valence-electron chi connectivity index (χ0n) is 15.2. The molecule has 1 aliphatic heterocycles. The first-order valence-corrected chi connectivity index (χ1v) is 9.12. The lowest BCUT2D eigenvalue weighted by molar-refractivity contribution is 0.0801. The summed E-state index contributed by atoms with van der Waals surface area (Å²) in [5.41, 5.74) is 5.15. The van der Waals surface area contributed by atoms with Crippen LogP contribution in [0, 0.1) is 5.92 Å². The molecule has 1 N–H and O–H groups in total. The van der Waals surface area contributed by atoms with E-state index >= 15 is 0 Å². The van der Waals surface area contributed by atoms with Crippen LogP contribution in [-0.4, -0.2) is 34.1 Å². The molecule has 0 fully saturated rings. The molecule has 2 aromatic carbocycles. The predicted molar refractivity (Wildman–Crippen MR) is 105 cm³/mol. The summed E-state index contributed by atoms with van der Waals surface area (Å²) in [6.45, 7) is 5.68. The zero-order valence-corrected chi connectivity index (χ0v) is 15.2. The average Bonchev–Trinajstić information content (AvgIpc) is 3.29. The third kappa shape index (κ3) is 3.15. The van der Waals surface area contributed by atoms with Gasteiger partial charge in [-0.1, -0.05) is 50.3 Å². The number of H-pyrrole nitrogens is 1. The maximum absolute atomic E-state index is 13.0. The lowest BCUT2D eigenvalue weighted by Crippen LogP contribution is -2.28. The molecule has 0 bridgehead atoms. The SMILES string of the molecule is CC(C)Cc1[nH]nc2ccc(C(=O)N3CC=C(c4ccccc4)C3)cc12. The third-order valence-corrected chi connectivity index (χ3v) is 4.84. The molecular weight excluding hydrogens is 322 g/mol. The first-order valence-electron chi connectivity index (χ1n) is 9.12. The predicted octanol–water partition coefficient (Wildman–Crippen LogP) is 4.30. The number of nitrogens with zero attached hydrogens (tertiary/aromatic N) is 2. The van der Waals surface area contributed by atoms with Crippen molar-refractivity contribution in [1.82, 2.24) is 15.1 Å². The van der Waals surface area contributed by atoms with Crippen molar-refractivity contribution < 1.29 is 4.79 Å². The number of nitrogens with one attached hydrogen (secondary N) is 1. The van der Waals surface area contributed by atoms with Gasteiger partial charge >= 0.3 is 0 Å². The Balaban J connectivity index is 1.55. The van der Waals surface area contributed by atoms with Crippen LogP contribution in [0.5, 0.6) is 0 Å². The number of fused-ring (bicyclic) bond motifs is 1. The highest BCUT2D eigenvalue weighted by Gasteiger charge is 2.22. The van der Waals surface area contributed by atoms with Gasteiger partial charge in [0.2, 0.25) is 0 Å². The van der Waals surface area contributed by atoms with Gasteiger partial charge in [0.05, 0.1) is 5.52 Å². The van der Waals surface area contributed by atoms with E-state index in [1.807, 2.05) is 41.3 Å². The molecule has 132 valence electrons. The Hall–Kier alpha value is -2.88. The summed E-state index contributed by atoms with van der Waals surface area (Å²) in [5.74, 6) is 0.611. The van der Waals surface area contributed by atoms with Gasteiger partial charge in [0.1, 0.15) is 0 Å². The number of aromatic amines is 1. The van der Waals surface area contributed by atoms with Gasteiger partial charge in [-0.25, -0.2) is 0 Å². The summed E-state index contributed by atoms with van der Waals surface area (Å²) < 4.78 is 0. The number of rotatable bonds is 4.